The van der Waals surface area contributed by atoms with E-state index in [1.807, 2.05) is 6.92 Å². The fraction of sp³-hybridized carbons (Fsp3) is 0.345. The Labute approximate surface area is 254 Å². The Hall–Kier alpha value is -4.43. The molecule has 1 aliphatic heterocycles. The normalized spacial score (nSPS) is 18.3. The van der Waals surface area contributed by atoms with Crippen LogP contribution >= 0.6 is 11.6 Å². The van der Waals surface area contributed by atoms with E-state index in [1.165, 1.54) is 13.3 Å². The van der Waals surface area contributed by atoms with Gasteiger partial charge in [0.15, 0.2) is 11.5 Å². The lowest BCUT2D eigenvalue weighted by atomic mass is 9.76. The molecule has 1 saturated carbocycles. The number of anilines is 2. The second-order valence-corrected chi connectivity index (χ2v) is 11.1. The topological polar surface area (TPSA) is 128 Å². The summed E-state index contributed by atoms with van der Waals surface area (Å²) >= 11 is 5.86. The molecule has 44 heavy (non-hydrogen) atoms. The number of carbonyl (C=O) groups excluding carboxylic acids is 2. The quantitative estimate of drug-likeness (QED) is 0.267. The van der Waals surface area contributed by atoms with E-state index in [2.05, 4.69) is 30.4 Å². The minimum atomic E-state index is -3.03. The van der Waals surface area contributed by atoms with Crippen LogP contribution in [0, 0.1) is 17.7 Å². The Morgan fingerprint density at radius 3 is 2.57 bits per heavy atom. The number of nitrogens with zero attached hydrogens (tertiary/aromatic N) is 7. The molecule has 228 valence electrons. The average Bonchev–Trinajstić information content (AvgIpc) is 3.55. The Bertz CT molecular complexity index is 1740. The summed E-state index contributed by atoms with van der Waals surface area (Å²) in [5, 5.41) is 6.62. The van der Waals surface area contributed by atoms with Crippen LogP contribution in [-0.4, -0.2) is 55.2 Å². The Balaban J connectivity index is 1.21. The molecule has 11 nitrogen and oxygen atoms in total. The summed E-state index contributed by atoms with van der Waals surface area (Å²) in [5.74, 6) is -0.919. The monoisotopic (exact) mass is 626 g/mol. The lowest BCUT2D eigenvalue weighted by Gasteiger charge is -2.25. The number of fused-ring (bicyclic) bond motifs is 1. The molecule has 2 fully saturated rings. The first-order chi connectivity index (χ1) is 21.2. The first-order valence-corrected chi connectivity index (χ1v) is 14.1. The molecule has 4 heterocycles. The average molecular weight is 627 g/mol. The second kappa shape index (κ2) is 11.9. The lowest BCUT2D eigenvalue weighted by Crippen LogP contribution is -2.29. The highest BCUT2D eigenvalue weighted by molar-refractivity contribution is 6.31. The van der Waals surface area contributed by atoms with Crippen LogP contribution in [0.25, 0.3) is 11.3 Å². The molecule has 1 aliphatic carbocycles. The van der Waals surface area contributed by atoms with Crippen molar-refractivity contribution in [1.29, 1.82) is 0 Å². The van der Waals surface area contributed by atoms with Gasteiger partial charge in [0.2, 0.25) is 11.9 Å². The van der Waals surface area contributed by atoms with Crippen LogP contribution in [0.5, 0.6) is 0 Å². The van der Waals surface area contributed by atoms with E-state index in [0.29, 0.717) is 24.1 Å². The summed E-state index contributed by atoms with van der Waals surface area (Å²) in [4.78, 5) is 44.7. The first-order valence-electron chi connectivity index (χ1n) is 13.8. The van der Waals surface area contributed by atoms with E-state index >= 15 is 0 Å². The minimum Gasteiger partial charge on any atom is -0.378 e. The molecule has 0 spiro atoms. The van der Waals surface area contributed by atoms with E-state index in [9.17, 15) is 22.8 Å². The van der Waals surface area contributed by atoms with Gasteiger partial charge in [0.05, 0.1) is 47.1 Å². The summed E-state index contributed by atoms with van der Waals surface area (Å²) in [7, 11) is 1.39. The summed E-state index contributed by atoms with van der Waals surface area (Å²) in [6, 6.07) is 1.70. The molecular formula is C29H26ClF3N8O3. The van der Waals surface area contributed by atoms with Crippen LogP contribution in [0.4, 0.5) is 24.8 Å². The van der Waals surface area contributed by atoms with Crippen LogP contribution in [0.1, 0.15) is 59.5 Å². The van der Waals surface area contributed by atoms with Crippen molar-refractivity contribution < 1.29 is 27.5 Å². The predicted molar refractivity (Wildman–Crippen MR) is 153 cm³/mol. The molecule has 4 aromatic rings. The second-order valence-electron chi connectivity index (χ2n) is 10.7. The van der Waals surface area contributed by atoms with Crippen LogP contribution in [0.3, 0.4) is 0 Å². The fourth-order valence-corrected chi connectivity index (χ4v) is 5.59. The molecule has 3 aromatic heterocycles. The molecule has 6 rings (SSSR count). The van der Waals surface area contributed by atoms with Gasteiger partial charge in [-0.25, -0.2) is 28.1 Å². The van der Waals surface area contributed by atoms with Gasteiger partial charge in [-0.05, 0) is 31.7 Å². The first kappa shape index (κ1) is 29.6. The van der Waals surface area contributed by atoms with Crippen LogP contribution in [-0.2, 0) is 16.1 Å². The van der Waals surface area contributed by atoms with Crippen LogP contribution in [0.15, 0.2) is 43.1 Å². The Morgan fingerprint density at radius 1 is 1.16 bits per heavy atom. The maximum Gasteiger partial charge on any atom is 0.276 e. The number of carbonyl (C=O) groups is 2. The Kier molecular flexibility index (Phi) is 8.03. The maximum absolute atomic E-state index is 14.9. The van der Waals surface area contributed by atoms with Crippen molar-refractivity contribution in [2.45, 2.75) is 38.8 Å². The molecular weight excluding hydrogens is 601 g/mol. The summed E-state index contributed by atoms with van der Waals surface area (Å²) in [5.41, 5.74) is -0.593. The highest BCUT2D eigenvalue weighted by Gasteiger charge is 2.47. The highest BCUT2D eigenvalue weighted by Crippen LogP contribution is 2.42. The summed E-state index contributed by atoms with van der Waals surface area (Å²) in [6.07, 6.45) is 6.30. The van der Waals surface area contributed by atoms with Crippen molar-refractivity contribution in [3.05, 3.63) is 76.5 Å². The van der Waals surface area contributed by atoms with E-state index in [1.54, 1.807) is 28.2 Å². The summed E-state index contributed by atoms with van der Waals surface area (Å²) in [6.45, 7) is 2.39. The number of benzene rings is 1. The summed E-state index contributed by atoms with van der Waals surface area (Å²) < 4.78 is 49.0. The zero-order valence-electron chi connectivity index (χ0n) is 23.5. The Morgan fingerprint density at radius 2 is 1.93 bits per heavy atom. The molecule has 3 atom stereocenters. The number of halogens is 4. The molecule has 0 unspecified atom stereocenters. The van der Waals surface area contributed by atoms with Gasteiger partial charge in [-0.2, -0.15) is 5.10 Å². The van der Waals surface area contributed by atoms with Crippen molar-refractivity contribution in [2.75, 3.05) is 23.9 Å². The molecule has 1 N–H and O–H groups in total. The van der Waals surface area contributed by atoms with Crippen molar-refractivity contribution >= 4 is 35.1 Å². The molecule has 15 heteroatoms. The number of aromatic nitrogens is 6. The van der Waals surface area contributed by atoms with Crippen molar-refractivity contribution in [2.24, 2.45) is 11.8 Å². The number of methoxy groups -OCH3 is 1. The van der Waals surface area contributed by atoms with Gasteiger partial charge in [-0.1, -0.05) is 17.7 Å². The lowest BCUT2D eigenvalue weighted by molar-refractivity contribution is -0.123. The largest absolute Gasteiger partial charge is 0.378 e. The van der Waals surface area contributed by atoms with Gasteiger partial charge in [0.25, 0.3) is 12.3 Å². The SMILES string of the molecule is COCc1ncc(-c2c(C(F)F)ccc(Cl)c2F)nc1C(=O)Nc1cnn([C@@H](C)c2cnc(N3C[C@H]4CC[C@H]4C3=O)nc2)c1. The molecule has 0 radical (unpaired) electrons. The zero-order chi connectivity index (χ0) is 31.1. The molecule has 1 aromatic carbocycles. The predicted octanol–water partition coefficient (Wildman–Crippen LogP) is 5.24. The number of hydrogen-bond donors (Lipinski definition) is 1. The third-order valence-corrected chi connectivity index (χ3v) is 8.31. The molecule has 2 aliphatic rings. The zero-order valence-corrected chi connectivity index (χ0v) is 24.3. The van der Waals surface area contributed by atoms with Gasteiger partial charge in [0, 0.05) is 54.9 Å². The van der Waals surface area contributed by atoms with Gasteiger partial charge in [-0.3, -0.25) is 24.2 Å². The van der Waals surface area contributed by atoms with Crippen molar-refractivity contribution in [1.82, 2.24) is 29.7 Å². The van der Waals surface area contributed by atoms with Crippen LogP contribution in [0.2, 0.25) is 5.02 Å². The van der Waals surface area contributed by atoms with E-state index in [0.717, 1.165) is 36.7 Å². The van der Waals surface area contributed by atoms with Crippen molar-refractivity contribution in [3.63, 3.8) is 0 Å². The van der Waals surface area contributed by atoms with Gasteiger partial charge in [-0.15, -0.1) is 0 Å². The smallest absolute Gasteiger partial charge is 0.276 e. The number of rotatable bonds is 9. The number of alkyl halides is 2. The third kappa shape index (κ3) is 5.39. The standard InChI is InChI=1S/C29H26ClF3N8O3/c1-14(16-7-35-29(36-8-16)40-11-15-3-4-18(15)28(40)43)41-12-17(9-37-41)38-27(42)25-22(13-44-2)34-10-21(39-25)23-19(26(32)33)5-6-20(30)24(23)31/h5-10,12,14-15,18,26H,3-4,11,13H2,1-2H3,(H,38,42)/t14-,15+,18+/m0/s1. The number of nitrogens with one attached hydrogen (secondary N) is 1. The van der Waals surface area contributed by atoms with E-state index < -0.39 is 29.3 Å². The van der Waals surface area contributed by atoms with Gasteiger partial charge in [0.1, 0.15) is 0 Å². The number of hydrogen-bond acceptors (Lipinski definition) is 8. The van der Waals surface area contributed by atoms with E-state index in [-0.39, 0.29) is 46.6 Å². The van der Waals surface area contributed by atoms with Crippen LogP contribution < -0.4 is 10.2 Å². The molecule has 0 bridgehead atoms. The number of ether oxygens (including phenoxy) is 1. The molecule has 1 saturated heterocycles. The van der Waals surface area contributed by atoms with Crippen molar-refractivity contribution in [3.8, 4) is 11.3 Å². The van der Waals surface area contributed by atoms with Gasteiger partial charge < -0.3 is 10.1 Å². The van der Waals surface area contributed by atoms with Gasteiger partial charge >= 0.3 is 0 Å². The third-order valence-electron chi connectivity index (χ3n) is 8.02. The minimum absolute atomic E-state index is 0.0746. The van der Waals surface area contributed by atoms with E-state index in [4.69, 9.17) is 16.3 Å². The highest BCUT2D eigenvalue weighted by atomic mass is 35.5. The maximum atomic E-state index is 14.9. The number of amides is 2. The molecule has 2 amide bonds. The fourth-order valence-electron chi connectivity index (χ4n) is 5.43.